The average molecular weight is 360 g/mol. The normalized spacial score (nSPS) is 12.9. The Morgan fingerprint density at radius 1 is 1.22 bits per heavy atom. The van der Waals surface area contributed by atoms with E-state index in [1.165, 1.54) is 12.1 Å². The van der Waals surface area contributed by atoms with Gasteiger partial charge in [0.15, 0.2) is 9.84 Å². The highest BCUT2D eigenvalue weighted by molar-refractivity contribution is 7.91. The van der Waals surface area contributed by atoms with Crippen molar-refractivity contribution in [1.82, 2.24) is 4.90 Å². The number of carbonyl (C=O) groups excluding carboxylic acids is 1. The van der Waals surface area contributed by atoms with E-state index in [1.807, 2.05) is 13.8 Å². The van der Waals surface area contributed by atoms with Crippen molar-refractivity contribution in [1.29, 1.82) is 0 Å². The molecule has 1 unspecified atom stereocenters. The van der Waals surface area contributed by atoms with Gasteiger partial charge >= 0.3 is 0 Å². The molecule has 0 N–H and O–H groups in total. The lowest BCUT2D eigenvalue weighted by Gasteiger charge is -2.28. The number of sulfone groups is 1. The second-order valence-corrected chi connectivity index (χ2v) is 8.27. The SMILES string of the molecule is CCCCN(C(=O)CCS(=O)(=O)c1ccc(Cl)cc1)C(C)CC. The van der Waals surface area contributed by atoms with Gasteiger partial charge in [-0.15, -0.1) is 0 Å². The minimum atomic E-state index is -3.46. The van der Waals surface area contributed by atoms with Crippen LogP contribution in [-0.2, 0) is 14.6 Å². The first-order chi connectivity index (χ1) is 10.8. The molecule has 0 saturated carbocycles. The summed E-state index contributed by atoms with van der Waals surface area (Å²) in [7, 11) is -3.46. The number of unbranched alkanes of at least 4 members (excludes halogenated alkanes) is 1. The van der Waals surface area contributed by atoms with Crippen LogP contribution >= 0.6 is 11.6 Å². The van der Waals surface area contributed by atoms with E-state index in [-0.39, 0.29) is 29.0 Å². The van der Waals surface area contributed by atoms with Crippen molar-refractivity contribution >= 4 is 27.3 Å². The number of halogens is 1. The summed E-state index contributed by atoms with van der Waals surface area (Å²) in [6.45, 7) is 6.79. The summed E-state index contributed by atoms with van der Waals surface area (Å²) in [5, 5.41) is 0.488. The Labute approximate surface area is 144 Å². The van der Waals surface area contributed by atoms with Gasteiger partial charge in [0.05, 0.1) is 10.6 Å². The molecule has 0 aromatic heterocycles. The van der Waals surface area contributed by atoms with Crippen LogP contribution in [-0.4, -0.2) is 37.6 Å². The number of nitrogens with zero attached hydrogens (tertiary/aromatic N) is 1. The van der Waals surface area contributed by atoms with Crippen molar-refractivity contribution in [2.24, 2.45) is 0 Å². The number of carbonyl (C=O) groups is 1. The fourth-order valence-corrected chi connectivity index (χ4v) is 3.62. The molecule has 4 nitrogen and oxygen atoms in total. The van der Waals surface area contributed by atoms with Crippen molar-refractivity contribution in [3.63, 3.8) is 0 Å². The van der Waals surface area contributed by atoms with Gasteiger partial charge in [-0.3, -0.25) is 4.79 Å². The summed E-state index contributed by atoms with van der Waals surface area (Å²) in [5.41, 5.74) is 0. The molecule has 0 spiro atoms. The fraction of sp³-hybridized carbons (Fsp3) is 0.588. The van der Waals surface area contributed by atoms with Crippen LogP contribution < -0.4 is 0 Å². The van der Waals surface area contributed by atoms with Gasteiger partial charge in [-0.1, -0.05) is 31.9 Å². The van der Waals surface area contributed by atoms with Crippen molar-refractivity contribution in [3.8, 4) is 0 Å². The number of hydrogen-bond donors (Lipinski definition) is 0. The van der Waals surface area contributed by atoms with Gasteiger partial charge in [-0.2, -0.15) is 0 Å². The molecule has 1 amide bonds. The largest absolute Gasteiger partial charge is 0.340 e. The Hall–Kier alpha value is -1.07. The minimum Gasteiger partial charge on any atom is -0.340 e. The first-order valence-electron chi connectivity index (χ1n) is 8.09. The first-order valence-corrected chi connectivity index (χ1v) is 10.1. The molecule has 0 radical (unpaired) electrons. The van der Waals surface area contributed by atoms with Gasteiger partial charge < -0.3 is 4.90 Å². The first kappa shape index (κ1) is 20.0. The third-order valence-electron chi connectivity index (χ3n) is 3.95. The summed E-state index contributed by atoms with van der Waals surface area (Å²) in [6, 6.07) is 6.18. The molecule has 1 aromatic rings. The lowest BCUT2D eigenvalue weighted by molar-refractivity contribution is -0.132. The summed E-state index contributed by atoms with van der Waals surface area (Å²) in [4.78, 5) is 14.4. The highest BCUT2D eigenvalue weighted by atomic mass is 35.5. The van der Waals surface area contributed by atoms with Crippen LogP contribution in [0.1, 0.15) is 46.5 Å². The van der Waals surface area contributed by atoms with E-state index < -0.39 is 9.84 Å². The average Bonchev–Trinajstić information content (AvgIpc) is 2.53. The molecular formula is C17H26ClNO3S. The van der Waals surface area contributed by atoms with Crippen LogP contribution in [0.3, 0.4) is 0 Å². The van der Waals surface area contributed by atoms with E-state index in [2.05, 4.69) is 6.92 Å². The summed E-state index contributed by atoms with van der Waals surface area (Å²) >= 11 is 5.77. The molecule has 0 aliphatic carbocycles. The third-order valence-corrected chi connectivity index (χ3v) is 5.94. The van der Waals surface area contributed by atoms with E-state index in [9.17, 15) is 13.2 Å². The zero-order valence-electron chi connectivity index (χ0n) is 14.1. The van der Waals surface area contributed by atoms with E-state index in [1.54, 1.807) is 17.0 Å². The summed E-state index contributed by atoms with van der Waals surface area (Å²) < 4.78 is 24.6. The Kier molecular flexibility index (Phi) is 8.06. The highest BCUT2D eigenvalue weighted by Crippen LogP contribution is 2.17. The smallest absolute Gasteiger partial charge is 0.223 e. The molecule has 1 rings (SSSR count). The fourth-order valence-electron chi connectivity index (χ4n) is 2.26. The van der Waals surface area contributed by atoms with Gasteiger partial charge in [-0.05, 0) is 44.0 Å². The van der Waals surface area contributed by atoms with Gasteiger partial charge in [-0.25, -0.2) is 8.42 Å². The van der Waals surface area contributed by atoms with Crippen LogP contribution in [0.5, 0.6) is 0 Å². The lowest BCUT2D eigenvalue weighted by atomic mass is 10.2. The van der Waals surface area contributed by atoms with Gasteiger partial charge in [0.1, 0.15) is 0 Å². The number of hydrogen-bond acceptors (Lipinski definition) is 3. The molecular weight excluding hydrogens is 334 g/mol. The molecule has 0 fully saturated rings. The van der Waals surface area contributed by atoms with Crippen LogP contribution in [0.2, 0.25) is 5.02 Å². The van der Waals surface area contributed by atoms with E-state index in [4.69, 9.17) is 11.6 Å². The summed E-state index contributed by atoms with van der Waals surface area (Å²) in [6.07, 6.45) is 2.81. The monoisotopic (exact) mass is 359 g/mol. The quantitative estimate of drug-likeness (QED) is 0.671. The summed E-state index contributed by atoms with van der Waals surface area (Å²) in [5.74, 6) is -0.266. The Morgan fingerprint density at radius 3 is 2.35 bits per heavy atom. The minimum absolute atomic E-state index is 0.0129. The molecule has 1 aromatic carbocycles. The van der Waals surface area contributed by atoms with Crippen LogP contribution in [0, 0.1) is 0 Å². The van der Waals surface area contributed by atoms with Crippen molar-refractivity contribution in [2.45, 2.75) is 57.4 Å². The predicted molar refractivity (Wildman–Crippen MR) is 94.5 cm³/mol. The maximum absolute atomic E-state index is 12.4. The van der Waals surface area contributed by atoms with Gasteiger partial charge in [0, 0.05) is 24.0 Å². The molecule has 23 heavy (non-hydrogen) atoms. The Balaban J connectivity index is 2.73. The number of amides is 1. The van der Waals surface area contributed by atoms with E-state index in [0.717, 1.165) is 19.3 Å². The van der Waals surface area contributed by atoms with Crippen molar-refractivity contribution in [3.05, 3.63) is 29.3 Å². The lowest BCUT2D eigenvalue weighted by Crippen LogP contribution is -2.39. The zero-order valence-corrected chi connectivity index (χ0v) is 15.7. The van der Waals surface area contributed by atoms with Crippen molar-refractivity contribution in [2.75, 3.05) is 12.3 Å². The molecule has 0 bridgehead atoms. The van der Waals surface area contributed by atoms with Crippen LogP contribution in [0.25, 0.3) is 0 Å². The highest BCUT2D eigenvalue weighted by Gasteiger charge is 2.22. The molecule has 0 aliphatic rings. The Bertz CT molecular complexity index is 599. The maximum atomic E-state index is 12.4. The second-order valence-electron chi connectivity index (χ2n) is 5.72. The predicted octanol–water partition coefficient (Wildman–Crippen LogP) is 3.93. The molecule has 0 heterocycles. The molecule has 0 saturated heterocycles. The topological polar surface area (TPSA) is 54.5 Å². The molecule has 0 aliphatic heterocycles. The zero-order chi connectivity index (χ0) is 17.5. The number of benzene rings is 1. The number of rotatable bonds is 9. The van der Waals surface area contributed by atoms with Gasteiger partial charge in [0.25, 0.3) is 0 Å². The molecule has 1 atom stereocenters. The second kappa shape index (κ2) is 9.28. The van der Waals surface area contributed by atoms with Gasteiger partial charge in [0.2, 0.25) is 5.91 Å². The van der Waals surface area contributed by atoms with Crippen LogP contribution in [0.4, 0.5) is 0 Å². The van der Waals surface area contributed by atoms with E-state index >= 15 is 0 Å². The molecule has 6 heteroatoms. The van der Waals surface area contributed by atoms with E-state index in [0.29, 0.717) is 11.6 Å². The standard InChI is InChI=1S/C17H26ClNO3S/c1-4-6-12-19(14(3)5-2)17(20)11-13-23(21,22)16-9-7-15(18)8-10-16/h7-10,14H,4-6,11-13H2,1-3H3. The van der Waals surface area contributed by atoms with Crippen LogP contribution in [0.15, 0.2) is 29.2 Å². The molecule has 130 valence electrons. The third kappa shape index (κ3) is 6.15. The Morgan fingerprint density at radius 2 is 1.83 bits per heavy atom. The van der Waals surface area contributed by atoms with Crippen molar-refractivity contribution < 1.29 is 13.2 Å². The maximum Gasteiger partial charge on any atom is 0.223 e.